The molecule has 2 saturated heterocycles. The molecule has 10 nitrogen and oxygen atoms in total. The lowest BCUT2D eigenvalue weighted by Crippen LogP contribution is -2.36. The molecule has 0 aromatic heterocycles. The van der Waals surface area contributed by atoms with Gasteiger partial charge in [0.1, 0.15) is 25.4 Å². The average molecular weight is 340 g/mol. The van der Waals surface area contributed by atoms with Crippen molar-refractivity contribution in [3.8, 4) is 12.5 Å². The molecule has 0 saturated carbocycles. The maximum Gasteiger partial charge on any atom is 0.309 e. The molecular formula is C14H16N2O8. The Kier molecular flexibility index (Phi) is 6.61. The SMILES string of the molecule is N#COCCC(=O)O[C@@H]1CO[C@H]2[C@@H]1OC[C@H]2OC(=O)CCOC#N. The first-order valence-corrected chi connectivity index (χ1v) is 7.29. The number of rotatable bonds is 8. The van der Waals surface area contributed by atoms with Gasteiger partial charge < -0.3 is 28.4 Å². The third-order valence-electron chi connectivity index (χ3n) is 3.47. The summed E-state index contributed by atoms with van der Waals surface area (Å²) in [6.45, 7) is 0.156. The topological polar surface area (TPSA) is 137 Å². The average Bonchev–Trinajstić information content (AvgIpc) is 3.12. The van der Waals surface area contributed by atoms with Crippen LogP contribution in [-0.2, 0) is 38.0 Å². The second-order valence-electron chi connectivity index (χ2n) is 5.03. The van der Waals surface area contributed by atoms with Gasteiger partial charge in [-0.2, -0.15) is 10.5 Å². The van der Waals surface area contributed by atoms with Gasteiger partial charge in [-0.15, -0.1) is 0 Å². The molecule has 2 aliphatic rings. The number of nitriles is 2. The maximum absolute atomic E-state index is 11.6. The molecule has 0 N–H and O–H groups in total. The molecule has 2 fully saturated rings. The Morgan fingerprint density at radius 2 is 1.29 bits per heavy atom. The molecule has 0 bridgehead atoms. The minimum absolute atomic E-state index is 0.0527. The highest BCUT2D eigenvalue weighted by Gasteiger charge is 2.51. The molecule has 2 aliphatic heterocycles. The smallest absolute Gasteiger partial charge is 0.309 e. The van der Waals surface area contributed by atoms with E-state index < -0.39 is 36.4 Å². The van der Waals surface area contributed by atoms with Gasteiger partial charge >= 0.3 is 11.9 Å². The van der Waals surface area contributed by atoms with Crippen molar-refractivity contribution in [2.24, 2.45) is 0 Å². The number of hydrogen-bond donors (Lipinski definition) is 0. The van der Waals surface area contributed by atoms with Gasteiger partial charge in [-0.3, -0.25) is 9.59 Å². The zero-order valence-corrected chi connectivity index (χ0v) is 12.7. The molecule has 0 aromatic rings. The Morgan fingerprint density at radius 1 is 0.875 bits per heavy atom. The van der Waals surface area contributed by atoms with Crippen LogP contribution in [0.2, 0.25) is 0 Å². The molecule has 0 amide bonds. The monoisotopic (exact) mass is 340 g/mol. The quantitative estimate of drug-likeness (QED) is 0.319. The lowest BCUT2D eigenvalue weighted by Gasteiger charge is -2.17. The van der Waals surface area contributed by atoms with Gasteiger partial charge in [0.2, 0.25) is 0 Å². The molecule has 0 aromatic carbocycles. The van der Waals surface area contributed by atoms with Gasteiger partial charge in [0.25, 0.3) is 12.5 Å². The summed E-state index contributed by atoms with van der Waals surface area (Å²) in [5.41, 5.74) is 0. The highest BCUT2D eigenvalue weighted by atomic mass is 16.7. The van der Waals surface area contributed by atoms with Crippen LogP contribution < -0.4 is 0 Å². The van der Waals surface area contributed by atoms with Crippen LogP contribution in [0.3, 0.4) is 0 Å². The summed E-state index contributed by atoms with van der Waals surface area (Å²) in [7, 11) is 0. The minimum Gasteiger partial charge on any atom is -0.457 e. The van der Waals surface area contributed by atoms with E-state index in [0.717, 1.165) is 0 Å². The molecule has 0 spiro atoms. The fourth-order valence-electron chi connectivity index (χ4n) is 2.45. The van der Waals surface area contributed by atoms with E-state index in [1.807, 2.05) is 0 Å². The van der Waals surface area contributed by atoms with E-state index in [1.54, 1.807) is 0 Å². The van der Waals surface area contributed by atoms with Gasteiger partial charge in [0, 0.05) is 0 Å². The molecule has 0 aliphatic carbocycles. The molecule has 130 valence electrons. The van der Waals surface area contributed by atoms with E-state index in [2.05, 4.69) is 9.47 Å². The first kappa shape index (κ1) is 17.8. The molecule has 10 heteroatoms. The van der Waals surface area contributed by atoms with Gasteiger partial charge in [-0.1, -0.05) is 0 Å². The van der Waals surface area contributed by atoms with Crippen LogP contribution in [-0.4, -0.2) is 62.8 Å². The molecular weight excluding hydrogens is 324 g/mol. The molecule has 24 heavy (non-hydrogen) atoms. The third-order valence-corrected chi connectivity index (χ3v) is 3.47. The number of nitrogens with zero attached hydrogens (tertiary/aromatic N) is 2. The van der Waals surface area contributed by atoms with E-state index in [4.69, 9.17) is 29.5 Å². The van der Waals surface area contributed by atoms with Crippen molar-refractivity contribution in [1.29, 1.82) is 10.5 Å². The summed E-state index contributed by atoms with van der Waals surface area (Å²) >= 11 is 0. The number of esters is 2. The van der Waals surface area contributed by atoms with Gasteiger partial charge in [-0.25, -0.2) is 0 Å². The number of hydrogen-bond acceptors (Lipinski definition) is 10. The van der Waals surface area contributed by atoms with Crippen LogP contribution in [0.25, 0.3) is 0 Å². The number of ether oxygens (including phenoxy) is 6. The first-order chi connectivity index (χ1) is 11.7. The Hall–Kier alpha value is -2.56. The number of fused-ring (bicyclic) bond motifs is 1. The van der Waals surface area contributed by atoms with Crippen molar-refractivity contribution in [2.45, 2.75) is 37.3 Å². The van der Waals surface area contributed by atoms with Crippen molar-refractivity contribution in [1.82, 2.24) is 0 Å². The summed E-state index contributed by atoms with van der Waals surface area (Å²) in [4.78, 5) is 23.2. The molecule has 2 rings (SSSR count). The lowest BCUT2D eigenvalue weighted by molar-refractivity contribution is -0.156. The fourth-order valence-corrected chi connectivity index (χ4v) is 2.45. The zero-order valence-electron chi connectivity index (χ0n) is 12.7. The van der Waals surface area contributed by atoms with Crippen molar-refractivity contribution < 1.29 is 38.0 Å². The molecule has 0 unspecified atom stereocenters. The van der Waals surface area contributed by atoms with Crippen molar-refractivity contribution in [3.63, 3.8) is 0 Å². The first-order valence-electron chi connectivity index (χ1n) is 7.29. The second-order valence-corrected chi connectivity index (χ2v) is 5.03. The summed E-state index contributed by atoms with van der Waals surface area (Å²) < 4.78 is 30.3. The van der Waals surface area contributed by atoms with Crippen LogP contribution in [0.5, 0.6) is 0 Å². The van der Waals surface area contributed by atoms with Crippen LogP contribution in [0.4, 0.5) is 0 Å². The maximum atomic E-state index is 11.6. The summed E-state index contributed by atoms with van der Waals surface area (Å²) in [5.74, 6) is -1.06. The third kappa shape index (κ3) is 4.72. The molecule has 4 atom stereocenters. The second kappa shape index (κ2) is 8.91. The minimum atomic E-state index is -0.602. The van der Waals surface area contributed by atoms with Crippen molar-refractivity contribution >= 4 is 11.9 Å². The van der Waals surface area contributed by atoms with E-state index in [0.29, 0.717) is 0 Å². The molecule has 0 radical (unpaired) electrons. The van der Waals surface area contributed by atoms with Gasteiger partial charge in [0.15, 0.2) is 12.2 Å². The Balaban J connectivity index is 1.75. The highest BCUT2D eigenvalue weighted by Crippen LogP contribution is 2.30. The Bertz CT molecular complexity index is 492. The van der Waals surface area contributed by atoms with E-state index in [1.165, 1.54) is 12.5 Å². The standard InChI is InChI=1S/C14H16N2O8/c15-7-19-3-1-11(17)23-9-5-21-14-10(6-22-13(9)14)24-12(18)2-4-20-8-16/h9-10,13-14H,1-6H2/t9-,10-,13-,14-/m1/s1. The van der Waals surface area contributed by atoms with Crippen LogP contribution in [0.1, 0.15) is 12.8 Å². The number of carbonyl (C=O) groups excluding carboxylic acids is 2. The Morgan fingerprint density at radius 3 is 1.67 bits per heavy atom. The largest absolute Gasteiger partial charge is 0.457 e. The fraction of sp³-hybridized carbons (Fsp3) is 0.714. The van der Waals surface area contributed by atoms with E-state index >= 15 is 0 Å². The summed E-state index contributed by atoms with van der Waals surface area (Å²) in [5, 5.41) is 16.5. The Labute approximate surface area is 137 Å². The van der Waals surface area contributed by atoms with Crippen molar-refractivity contribution in [3.05, 3.63) is 0 Å². The van der Waals surface area contributed by atoms with Gasteiger partial charge in [0.05, 0.1) is 26.1 Å². The van der Waals surface area contributed by atoms with Crippen molar-refractivity contribution in [2.75, 3.05) is 26.4 Å². The number of carbonyl (C=O) groups is 2. The van der Waals surface area contributed by atoms with Crippen LogP contribution in [0, 0.1) is 23.0 Å². The predicted molar refractivity (Wildman–Crippen MR) is 71.6 cm³/mol. The lowest BCUT2D eigenvalue weighted by atomic mass is 10.1. The van der Waals surface area contributed by atoms with Crippen LogP contribution in [0.15, 0.2) is 0 Å². The van der Waals surface area contributed by atoms with Gasteiger partial charge in [-0.05, 0) is 0 Å². The predicted octanol–water partition coefficient (Wildman–Crippen LogP) is -0.617. The summed E-state index contributed by atoms with van der Waals surface area (Å²) in [6, 6.07) is 0. The highest BCUT2D eigenvalue weighted by molar-refractivity contribution is 5.70. The zero-order chi connectivity index (χ0) is 17.4. The summed E-state index contributed by atoms with van der Waals surface area (Å²) in [6.07, 6.45) is 0.581. The normalized spacial score (nSPS) is 27.4. The van der Waals surface area contributed by atoms with Crippen LogP contribution >= 0.6 is 0 Å². The molecule has 2 heterocycles. The van der Waals surface area contributed by atoms with E-state index in [-0.39, 0.29) is 39.3 Å². The van der Waals surface area contributed by atoms with E-state index in [9.17, 15) is 9.59 Å².